The molecule has 0 amide bonds. The van der Waals surface area contributed by atoms with E-state index in [0.717, 1.165) is 21.7 Å². The Kier molecular flexibility index (Phi) is 3.55. The summed E-state index contributed by atoms with van der Waals surface area (Å²) in [6, 6.07) is 10.2. The number of halogens is 1. The molecule has 0 aliphatic rings. The van der Waals surface area contributed by atoms with Gasteiger partial charge in [0.2, 0.25) is 0 Å². The summed E-state index contributed by atoms with van der Waals surface area (Å²) in [6.45, 7) is 2.77. The number of benzene rings is 1. The van der Waals surface area contributed by atoms with E-state index in [9.17, 15) is 0 Å². The fraction of sp³-hybridized carbons (Fsp3) is 0.214. The van der Waals surface area contributed by atoms with Gasteiger partial charge in [0, 0.05) is 11.9 Å². The summed E-state index contributed by atoms with van der Waals surface area (Å²) in [5, 5.41) is 5.49. The molecule has 0 aliphatic heterocycles. The van der Waals surface area contributed by atoms with Gasteiger partial charge in [-0.2, -0.15) is 0 Å². The average Bonchev–Trinajstić information content (AvgIpc) is 3.01. The Morgan fingerprint density at radius 1 is 1.42 bits per heavy atom. The van der Waals surface area contributed by atoms with Crippen molar-refractivity contribution in [2.75, 3.05) is 0 Å². The maximum Gasteiger partial charge on any atom is 0.134 e. The lowest BCUT2D eigenvalue weighted by Crippen LogP contribution is -2.17. The zero-order chi connectivity index (χ0) is 13.2. The molecule has 3 rings (SSSR count). The van der Waals surface area contributed by atoms with E-state index < -0.39 is 0 Å². The first kappa shape index (κ1) is 12.7. The Morgan fingerprint density at radius 3 is 3.00 bits per heavy atom. The fourth-order valence-corrected chi connectivity index (χ4v) is 2.83. The molecule has 2 aromatic heterocycles. The first-order valence-corrected chi connectivity index (χ1v) is 7.24. The van der Waals surface area contributed by atoms with Crippen LogP contribution in [-0.4, -0.2) is 4.98 Å². The van der Waals surface area contributed by atoms with Crippen LogP contribution in [-0.2, 0) is 6.54 Å². The van der Waals surface area contributed by atoms with Gasteiger partial charge in [0.25, 0.3) is 0 Å². The SMILES string of the molecule is CC(NCc1ncc(Cl)s1)c1cc2ccccc2o1. The lowest BCUT2D eigenvalue weighted by molar-refractivity contribution is 0.450. The number of para-hydroxylation sites is 1. The monoisotopic (exact) mass is 292 g/mol. The predicted molar refractivity (Wildman–Crippen MR) is 78.6 cm³/mol. The van der Waals surface area contributed by atoms with Gasteiger partial charge in [-0.25, -0.2) is 4.98 Å². The third-order valence-corrected chi connectivity index (χ3v) is 4.07. The average molecular weight is 293 g/mol. The van der Waals surface area contributed by atoms with E-state index in [4.69, 9.17) is 16.0 Å². The molecular formula is C14H13ClN2OS. The zero-order valence-corrected chi connectivity index (χ0v) is 12.0. The number of rotatable bonds is 4. The van der Waals surface area contributed by atoms with Crippen molar-refractivity contribution in [2.45, 2.75) is 19.5 Å². The summed E-state index contributed by atoms with van der Waals surface area (Å²) >= 11 is 7.35. The fourth-order valence-electron chi connectivity index (χ4n) is 1.93. The Balaban J connectivity index is 1.71. The van der Waals surface area contributed by atoms with Gasteiger partial charge in [-0.05, 0) is 19.1 Å². The first-order valence-electron chi connectivity index (χ1n) is 6.04. The summed E-state index contributed by atoms with van der Waals surface area (Å²) in [7, 11) is 0. The molecule has 1 N–H and O–H groups in total. The second-order valence-corrected chi connectivity index (χ2v) is 6.09. The van der Waals surface area contributed by atoms with Crippen molar-refractivity contribution in [3.05, 3.63) is 51.6 Å². The van der Waals surface area contributed by atoms with Crippen LogP contribution in [0.3, 0.4) is 0 Å². The number of thiazole rings is 1. The third kappa shape index (κ3) is 2.81. The highest BCUT2D eigenvalue weighted by molar-refractivity contribution is 7.15. The maximum atomic E-state index is 5.86. The molecule has 0 saturated carbocycles. The van der Waals surface area contributed by atoms with Crippen molar-refractivity contribution in [3.8, 4) is 0 Å². The summed E-state index contributed by atoms with van der Waals surface area (Å²) in [5.41, 5.74) is 0.920. The lowest BCUT2D eigenvalue weighted by atomic mass is 10.2. The first-order chi connectivity index (χ1) is 9.22. The molecule has 0 radical (unpaired) electrons. The topological polar surface area (TPSA) is 38.1 Å². The largest absolute Gasteiger partial charge is 0.459 e. The van der Waals surface area contributed by atoms with Crippen molar-refractivity contribution in [1.29, 1.82) is 0 Å². The Morgan fingerprint density at radius 2 is 2.26 bits per heavy atom. The van der Waals surface area contributed by atoms with E-state index in [1.54, 1.807) is 6.20 Å². The Bertz CT molecular complexity index is 658. The van der Waals surface area contributed by atoms with Gasteiger partial charge in [-0.1, -0.05) is 29.8 Å². The van der Waals surface area contributed by atoms with Gasteiger partial charge in [0.05, 0.1) is 12.2 Å². The van der Waals surface area contributed by atoms with Crippen LogP contribution in [0.2, 0.25) is 4.34 Å². The standard InChI is InChI=1S/C14H13ClN2OS/c1-9(16-8-14-17-7-13(15)19-14)12-6-10-4-2-3-5-11(10)18-12/h2-7,9,16H,8H2,1H3. The maximum absolute atomic E-state index is 5.86. The highest BCUT2D eigenvalue weighted by Crippen LogP contribution is 2.24. The van der Waals surface area contributed by atoms with Crippen LogP contribution in [0.4, 0.5) is 0 Å². The second-order valence-electron chi connectivity index (χ2n) is 4.35. The summed E-state index contributed by atoms with van der Waals surface area (Å²) in [6.07, 6.45) is 1.68. The molecule has 0 saturated heterocycles. The van der Waals surface area contributed by atoms with E-state index in [0.29, 0.717) is 10.9 Å². The Labute approximate surface area is 120 Å². The number of hydrogen-bond donors (Lipinski definition) is 1. The highest BCUT2D eigenvalue weighted by atomic mass is 35.5. The molecule has 3 nitrogen and oxygen atoms in total. The summed E-state index contributed by atoms with van der Waals surface area (Å²) in [4.78, 5) is 4.22. The number of nitrogens with one attached hydrogen (secondary N) is 1. The van der Waals surface area contributed by atoms with Crippen LogP contribution in [0.5, 0.6) is 0 Å². The molecule has 3 aromatic rings. The quantitative estimate of drug-likeness (QED) is 0.775. The van der Waals surface area contributed by atoms with E-state index in [-0.39, 0.29) is 6.04 Å². The number of furan rings is 1. The number of nitrogens with zero attached hydrogens (tertiary/aromatic N) is 1. The van der Waals surface area contributed by atoms with Crippen LogP contribution >= 0.6 is 22.9 Å². The van der Waals surface area contributed by atoms with Crippen molar-refractivity contribution < 1.29 is 4.42 Å². The van der Waals surface area contributed by atoms with Gasteiger partial charge in [0.1, 0.15) is 20.7 Å². The number of aromatic nitrogens is 1. The summed E-state index contributed by atoms with van der Waals surface area (Å²) < 4.78 is 6.53. The molecule has 0 bridgehead atoms. The minimum Gasteiger partial charge on any atom is -0.459 e. The zero-order valence-electron chi connectivity index (χ0n) is 10.4. The molecule has 0 fully saturated rings. The van der Waals surface area contributed by atoms with Crippen LogP contribution < -0.4 is 5.32 Å². The normalized spacial score (nSPS) is 12.9. The Hall–Kier alpha value is -1.36. The minimum atomic E-state index is 0.134. The molecule has 5 heteroatoms. The molecular weight excluding hydrogens is 280 g/mol. The van der Waals surface area contributed by atoms with Gasteiger partial charge in [-0.3, -0.25) is 0 Å². The highest BCUT2D eigenvalue weighted by Gasteiger charge is 2.11. The van der Waals surface area contributed by atoms with Crippen LogP contribution in [0.25, 0.3) is 11.0 Å². The summed E-state index contributed by atoms with van der Waals surface area (Å²) in [5.74, 6) is 0.934. The lowest BCUT2D eigenvalue weighted by Gasteiger charge is -2.09. The number of fused-ring (bicyclic) bond motifs is 1. The smallest absolute Gasteiger partial charge is 0.134 e. The van der Waals surface area contributed by atoms with Crippen LogP contribution in [0.15, 0.2) is 40.9 Å². The van der Waals surface area contributed by atoms with Gasteiger partial charge < -0.3 is 9.73 Å². The molecule has 1 unspecified atom stereocenters. The van der Waals surface area contributed by atoms with E-state index in [1.165, 1.54) is 11.3 Å². The van der Waals surface area contributed by atoms with Gasteiger partial charge in [-0.15, -0.1) is 11.3 Å². The van der Waals surface area contributed by atoms with Gasteiger partial charge in [0.15, 0.2) is 0 Å². The van der Waals surface area contributed by atoms with Crippen molar-refractivity contribution in [3.63, 3.8) is 0 Å². The predicted octanol–water partition coefficient (Wildman–Crippen LogP) is 4.39. The van der Waals surface area contributed by atoms with Crippen LogP contribution in [0, 0.1) is 0 Å². The van der Waals surface area contributed by atoms with E-state index in [2.05, 4.69) is 29.4 Å². The molecule has 0 aliphatic carbocycles. The molecule has 1 aromatic carbocycles. The molecule has 2 heterocycles. The molecule has 98 valence electrons. The molecule has 1 atom stereocenters. The van der Waals surface area contributed by atoms with Crippen molar-refractivity contribution >= 4 is 33.9 Å². The molecule has 19 heavy (non-hydrogen) atoms. The third-order valence-electron chi connectivity index (χ3n) is 2.96. The number of hydrogen-bond acceptors (Lipinski definition) is 4. The minimum absolute atomic E-state index is 0.134. The van der Waals surface area contributed by atoms with Gasteiger partial charge >= 0.3 is 0 Å². The van der Waals surface area contributed by atoms with E-state index >= 15 is 0 Å². The second kappa shape index (κ2) is 5.33. The van der Waals surface area contributed by atoms with Crippen molar-refractivity contribution in [2.24, 2.45) is 0 Å². The van der Waals surface area contributed by atoms with E-state index in [1.807, 2.05) is 18.2 Å². The van der Waals surface area contributed by atoms with Crippen molar-refractivity contribution in [1.82, 2.24) is 10.3 Å². The van der Waals surface area contributed by atoms with Crippen LogP contribution in [0.1, 0.15) is 23.7 Å². The molecule has 0 spiro atoms.